The van der Waals surface area contributed by atoms with Crippen molar-refractivity contribution < 1.29 is 23.5 Å². The Labute approximate surface area is 217 Å². The molecule has 4 rings (SSSR count). The molecular formula is C26H29ClF2N4O4. The van der Waals surface area contributed by atoms with Crippen LogP contribution in [0.4, 0.5) is 8.78 Å². The van der Waals surface area contributed by atoms with E-state index in [2.05, 4.69) is 10.2 Å². The van der Waals surface area contributed by atoms with Crippen molar-refractivity contribution in [3.63, 3.8) is 0 Å². The zero-order valence-corrected chi connectivity index (χ0v) is 20.9. The van der Waals surface area contributed by atoms with Crippen LogP contribution in [0.5, 0.6) is 0 Å². The highest BCUT2D eigenvalue weighted by atomic mass is 35.5. The third kappa shape index (κ3) is 8.06. The maximum Gasteiger partial charge on any atom is 0.290 e. The van der Waals surface area contributed by atoms with Gasteiger partial charge in [0.05, 0.1) is 24.2 Å². The second-order valence-corrected chi connectivity index (χ2v) is 9.10. The first-order valence-electron chi connectivity index (χ1n) is 11.9. The van der Waals surface area contributed by atoms with Gasteiger partial charge in [-0.25, -0.2) is 13.5 Å². The van der Waals surface area contributed by atoms with Crippen molar-refractivity contribution in [3.8, 4) is 0 Å². The lowest BCUT2D eigenvalue weighted by Crippen LogP contribution is -2.39. The molecule has 1 aliphatic heterocycles. The van der Waals surface area contributed by atoms with Crippen molar-refractivity contribution in [1.29, 1.82) is 0 Å². The van der Waals surface area contributed by atoms with E-state index in [0.29, 0.717) is 29.9 Å². The lowest BCUT2D eigenvalue weighted by Gasteiger charge is -2.25. The van der Waals surface area contributed by atoms with Gasteiger partial charge in [0, 0.05) is 35.8 Å². The van der Waals surface area contributed by atoms with Crippen LogP contribution in [0.1, 0.15) is 30.5 Å². The second-order valence-electron chi connectivity index (χ2n) is 8.67. The number of fused-ring (bicyclic) bond motifs is 1. The van der Waals surface area contributed by atoms with Gasteiger partial charge in [-0.15, -0.1) is 0 Å². The fourth-order valence-corrected chi connectivity index (χ4v) is 4.60. The number of carbonyl (C=O) groups is 2. The molecule has 0 saturated carbocycles. The molecule has 2 aromatic carbocycles. The topological polar surface area (TPSA) is 105 Å². The first-order valence-corrected chi connectivity index (χ1v) is 12.3. The van der Waals surface area contributed by atoms with Gasteiger partial charge >= 0.3 is 0 Å². The monoisotopic (exact) mass is 534 g/mol. The summed E-state index contributed by atoms with van der Waals surface area (Å²) in [7, 11) is 0. The maximum atomic E-state index is 13.2. The highest BCUT2D eigenvalue weighted by molar-refractivity contribution is 6.30. The summed E-state index contributed by atoms with van der Waals surface area (Å²) < 4.78 is 26.1. The Morgan fingerprint density at radius 1 is 1.19 bits per heavy atom. The fraction of sp³-hybridized carbons (Fsp3) is 0.385. The largest absolute Gasteiger partial charge is 0.483 e. The quantitative estimate of drug-likeness (QED) is 0.407. The number of carbonyl (C=O) groups excluding carboxylic acids is 1. The number of amides is 1. The smallest absolute Gasteiger partial charge is 0.290 e. The van der Waals surface area contributed by atoms with Crippen molar-refractivity contribution in [2.24, 2.45) is 0 Å². The minimum Gasteiger partial charge on any atom is -0.483 e. The van der Waals surface area contributed by atoms with Crippen LogP contribution >= 0.6 is 11.6 Å². The summed E-state index contributed by atoms with van der Waals surface area (Å²) >= 11 is 6.02. The fourth-order valence-electron chi connectivity index (χ4n) is 4.48. The van der Waals surface area contributed by atoms with E-state index in [0.717, 1.165) is 36.0 Å². The van der Waals surface area contributed by atoms with Gasteiger partial charge in [0.1, 0.15) is 0 Å². The van der Waals surface area contributed by atoms with E-state index in [1.54, 1.807) is 0 Å². The van der Waals surface area contributed by atoms with Crippen molar-refractivity contribution in [2.45, 2.75) is 44.7 Å². The highest BCUT2D eigenvalue weighted by Crippen LogP contribution is 2.21. The molecular weight excluding hydrogens is 506 g/mol. The summed E-state index contributed by atoms with van der Waals surface area (Å²) in [5, 5.41) is 16.0. The lowest BCUT2D eigenvalue weighted by molar-refractivity contribution is -0.123. The van der Waals surface area contributed by atoms with Crippen LogP contribution in [0.15, 0.2) is 53.3 Å². The third-order valence-electron chi connectivity index (χ3n) is 6.19. The summed E-state index contributed by atoms with van der Waals surface area (Å²) in [5.41, 5.74) is 1.72. The van der Waals surface area contributed by atoms with Gasteiger partial charge in [-0.1, -0.05) is 41.9 Å². The minimum absolute atomic E-state index is 0.0534. The molecule has 0 bridgehead atoms. The van der Waals surface area contributed by atoms with Crippen molar-refractivity contribution in [2.75, 3.05) is 19.6 Å². The zero-order chi connectivity index (χ0) is 26.8. The first-order chi connectivity index (χ1) is 17.8. The van der Waals surface area contributed by atoms with E-state index in [-0.39, 0.29) is 24.5 Å². The van der Waals surface area contributed by atoms with Crippen LogP contribution in [-0.4, -0.2) is 64.3 Å². The van der Waals surface area contributed by atoms with Crippen molar-refractivity contribution in [3.05, 3.63) is 75.2 Å². The first kappa shape index (κ1) is 28.2. The number of hydrogen-bond donors (Lipinski definition) is 2. The molecule has 0 unspecified atom stereocenters. The van der Waals surface area contributed by atoms with Crippen LogP contribution < -0.4 is 10.9 Å². The maximum absolute atomic E-state index is 13.2. The Morgan fingerprint density at radius 2 is 1.86 bits per heavy atom. The standard InChI is InChI=1S/C25H27ClF2N4O2.CH2O2/c26-18-9-7-17(8-10-18)14-22-20-5-1-2-6-21(20)25(34)32(30-22)16-19-4-3-12-31(19)13-11-24(33)29-15-23(27)28;2-1-3/h1-2,5-10,19,23H,3-4,11-16H2,(H,29,33);1H,(H,2,3)/t19-;/m1./s1. The normalized spacial score (nSPS) is 15.4. The number of carboxylic acid groups (broad SMARTS) is 1. The Kier molecular flexibility index (Phi) is 10.5. The predicted octanol–water partition coefficient (Wildman–Crippen LogP) is 3.58. The second kappa shape index (κ2) is 13.8. The van der Waals surface area contributed by atoms with E-state index >= 15 is 0 Å². The van der Waals surface area contributed by atoms with Gasteiger partial charge in [-0.3, -0.25) is 19.3 Å². The minimum atomic E-state index is -2.56. The van der Waals surface area contributed by atoms with Gasteiger partial charge in [-0.2, -0.15) is 5.10 Å². The average Bonchev–Trinajstić information content (AvgIpc) is 3.33. The molecule has 198 valence electrons. The SMILES string of the molecule is O=C(CCN1CCC[C@@H]1Cn1nc(Cc2ccc(Cl)cc2)c2ccccc2c1=O)NCC(F)F.O=CO. The van der Waals surface area contributed by atoms with E-state index < -0.39 is 18.9 Å². The molecule has 0 aliphatic carbocycles. The number of halogens is 3. The summed E-state index contributed by atoms with van der Waals surface area (Å²) in [6, 6.07) is 15.1. The number of alkyl halides is 2. The predicted molar refractivity (Wildman–Crippen MR) is 137 cm³/mol. The molecule has 0 radical (unpaired) electrons. The zero-order valence-electron chi connectivity index (χ0n) is 20.2. The van der Waals surface area contributed by atoms with Gasteiger partial charge in [0.15, 0.2) is 0 Å². The number of nitrogens with one attached hydrogen (secondary N) is 1. The molecule has 11 heteroatoms. The van der Waals surface area contributed by atoms with Gasteiger partial charge in [0.2, 0.25) is 5.91 Å². The molecule has 1 fully saturated rings. The van der Waals surface area contributed by atoms with Crippen molar-refractivity contribution in [1.82, 2.24) is 20.0 Å². The summed E-state index contributed by atoms with van der Waals surface area (Å²) in [5.74, 6) is -0.391. The van der Waals surface area contributed by atoms with Crippen LogP contribution in [-0.2, 0) is 22.6 Å². The Morgan fingerprint density at radius 3 is 2.54 bits per heavy atom. The number of hydrogen-bond acceptors (Lipinski definition) is 5. The Hall–Kier alpha value is -3.37. The third-order valence-corrected chi connectivity index (χ3v) is 6.44. The summed E-state index contributed by atoms with van der Waals surface area (Å²) in [6.45, 7) is 0.789. The van der Waals surface area contributed by atoms with Crippen LogP contribution in [0, 0.1) is 0 Å². The molecule has 2 N–H and O–H groups in total. The number of nitrogens with zero attached hydrogens (tertiary/aromatic N) is 3. The van der Waals surface area contributed by atoms with E-state index in [1.165, 1.54) is 4.68 Å². The number of rotatable bonds is 9. The average molecular weight is 535 g/mol. The van der Waals surface area contributed by atoms with Gasteiger partial charge in [0.25, 0.3) is 18.5 Å². The van der Waals surface area contributed by atoms with Crippen LogP contribution in [0.2, 0.25) is 5.02 Å². The van der Waals surface area contributed by atoms with Crippen LogP contribution in [0.3, 0.4) is 0 Å². The molecule has 1 amide bonds. The molecule has 0 spiro atoms. The molecule has 37 heavy (non-hydrogen) atoms. The number of benzene rings is 2. The van der Waals surface area contributed by atoms with Crippen molar-refractivity contribution >= 4 is 34.8 Å². The van der Waals surface area contributed by atoms with Gasteiger partial charge < -0.3 is 10.4 Å². The number of aromatic nitrogens is 2. The van der Waals surface area contributed by atoms with E-state index in [9.17, 15) is 18.4 Å². The Bertz CT molecular complexity index is 1250. The molecule has 3 aromatic rings. The molecule has 2 heterocycles. The summed E-state index contributed by atoms with van der Waals surface area (Å²) in [4.78, 5) is 35.6. The summed E-state index contributed by atoms with van der Waals surface area (Å²) in [6.07, 6.45) is -0.0201. The molecule has 1 aromatic heterocycles. The van der Waals surface area contributed by atoms with E-state index in [4.69, 9.17) is 26.6 Å². The van der Waals surface area contributed by atoms with Crippen LogP contribution in [0.25, 0.3) is 10.8 Å². The van der Waals surface area contributed by atoms with E-state index in [1.807, 2.05) is 48.5 Å². The lowest BCUT2D eigenvalue weighted by atomic mass is 10.0. The van der Waals surface area contributed by atoms with Gasteiger partial charge in [-0.05, 0) is 43.1 Å². The highest BCUT2D eigenvalue weighted by Gasteiger charge is 2.26. The molecule has 1 aliphatic rings. The molecule has 1 saturated heterocycles. The molecule has 1 atom stereocenters. The number of likely N-dealkylation sites (tertiary alicyclic amines) is 1. The Balaban J connectivity index is 0.00000121. The molecule has 8 nitrogen and oxygen atoms in total.